The van der Waals surface area contributed by atoms with E-state index in [9.17, 15) is 17.9 Å². The van der Waals surface area contributed by atoms with Gasteiger partial charge in [0.15, 0.2) is 21.7 Å². The second-order valence-electron chi connectivity index (χ2n) is 8.37. The third-order valence-electron chi connectivity index (χ3n) is 5.78. The number of aromatic hydroxyl groups is 1. The van der Waals surface area contributed by atoms with E-state index in [0.717, 1.165) is 16.9 Å². The minimum absolute atomic E-state index is 0.0192. The summed E-state index contributed by atoms with van der Waals surface area (Å²) in [4.78, 5) is 13.3. The molecule has 0 aliphatic rings. The number of pyridine rings is 2. The topological polar surface area (TPSA) is 126 Å². The van der Waals surface area contributed by atoms with E-state index in [0.29, 0.717) is 33.1 Å². The Hall–Kier alpha value is -4.26. The molecule has 3 N–H and O–H groups in total. The van der Waals surface area contributed by atoms with Gasteiger partial charge in [-0.05, 0) is 54.1 Å². The Kier molecular flexibility index (Phi) is 7.83. The van der Waals surface area contributed by atoms with Crippen molar-refractivity contribution in [3.8, 4) is 33.2 Å². The second kappa shape index (κ2) is 11.5. The lowest BCUT2D eigenvalue weighted by molar-refractivity contribution is 0.371. The molecule has 5 aromatic rings. The molecular weight excluding hydrogens is 577 g/mol. The summed E-state index contributed by atoms with van der Waals surface area (Å²) in [5, 5.41) is 13.1. The monoisotopic (exact) mass is 597 g/mol. The Morgan fingerprint density at radius 2 is 1.88 bits per heavy atom. The number of rotatable bonds is 9. The largest absolute Gasteiger partial charge is 0.504 e. The lowest BCUT2D eigenvalue weighted by Gasteiger charge is -2.11. The molecule has 0 aliphatic heterocycles. The molecule has 0 saturated heterocycles. The van der Waals surface area contributed by atoms with Crippen LogP contribution in [0.1, 0.15) is 5.56 Å². The lowest BCUT2D eigenvalue weighted by atomic mass is 10.1. The maximum atomic E-state index is 13.8. The summed E-state index contributed by atoms with van der Waals surface area (Å²) in [6, 6.07) is 15.8. The molecule has 0 radical (unpaired) electrons. The number of hydrogen-bond donors (Lipinski definition) is 3. The van der Waals surface area contributed by atoms with E-state index in [1.165, 1.54) is 37.6 Å². The molecule has 13 heteroatoms. The van der Waals surface area contributed by atoms with Crippen molar-refractivity contribution in [2.75, 3.05) is 17.1 Å². The molecule has 0 amide bonds. The number of nitrogens with one attached hydrogen (secondary N) is 2. The molecule has 2 aromatic carbocycles. The number of hydrogen-bond acceptors (Lipinski definition) is 9. The Morgan fingerprint density at radius 3 is 2.58 bits per heavy atom. The van der Waals surface area contributed by atoms with Crippen molar-refractivity contribution in [2.24, 2.45) is 0 Å². The van der Waals surface area contributed by atoms with E-state index in [4.69, 9.17) is 16.3 Å². The summed E-state index contributed by atoms with van der Waals surface area (Å²) in [5.74, 6) is -0.202. The first kappa shape index (κ1) is 27.3. The van der Waals surface area contributed by atoms with E-state index in [-0.39, 0.29) is 27.5 Å². The van der Waals surface area contributed by atoms with E-state index in [1.807, 2.05) is 0 Å². The molecule has 0 atom stereocenters. The minimum atomic E-state index is -4.09. The van der Waals surface area contributed by atoms with Crippen LogP contribution in [-0.2, 0) is 16.6 Å². The zero-order valence-electron chi connectivity index (χ0n) is 20.8. The Morgan fingerprint density at radius 1 is 1.07 bits per heavy atom. The number of anilines is 2. The van der Waals surface area contributed by atoms with Crippen LogP contribution in [-0.4, -0.2) is 35.6 Å². The summed E-state index contributed by atoms with van der Waals surface area (Å²) in [5.41, 5.74) is 2.86. The van der Waals surface area contributed by atoms with Gasteiger partial charge >= 0.3 is 0 Å². The van der Waals surface area contributed by atoms with Gasteiger partial charge in [0.2, 0.25) is 0 Å². The Labute approximate surface area is 238 Å². The number of para-hydroxylation sites is 1. The van der Waals surface area contributed by atoms with Gasteiger partial charge in [-0.3, -0.25) is 9.71 Å². The zero-order valence-corrected chi connectivity index (χ0v) is 23.2. The lowest BCUT2D eigenvalue weighted by Crippen LogP contribution is -2.14. The molecule has 0 aliphatic carbocycles. The molecule has 40 heavy (non-hydrogen) atoms. The molecule has 0 spiro atoms. The van der Waals surface area contributed by atoms with Crippen LogP contribution >= 0.6 is 22.9 Å². The molecule has 0 fully saturated rings. The van der Waals surface area contributed by atoms with E-state index >= 15 is 0 Å². The van der Waals surface area contributed by atoms with Crippen molar-refractivity contribution in [1.29, 1.82) is 0 Å². The van der Waals surface area contributed by atoms with Crippen molar-refractivity contribution in [3.63, 3.8) is 0 Å². The van der Waals surface area contributed by atoms with Gasteiger partial charge < -0.3 is 15.2 Å². The number of aromatic nitrogens is 3. The van der Waals surface area contributed by atoms with E-state index < -0.39 is 15.8 Å². The third-order valence-corrected chi connectivity index (χ3v) is 8.47. The van der Waals surface area contributed by atoms with Crippen LogP contribution < -0.4 is 14.8 Å². The molecule has 0 saturated carbocycles. The fourth-order valence-corrected chi connectivity index (χ4v) is 6.12. The second-order valence-corrected chi connectivity index (χ2v) is 11.4. The molecule has 5 rings (SSSR count). The zero-order chi connectivity index (χ0) is 28.3. The van der Waals surface area contributed by atoms with Gasteiger partial charge in [-0.15, -0.1) is 0 Å². The maximum Gasteiger partial charge on any atom is 0.281 e. The van der Waals surface area contributed by atoms with Gasteiger partial charge in [-0.25, -0.2) is 14.4 Å². The maximum absolute atomic E-state index is 13.8. The van der Waals surface area contributed by atoms with Crippen LogP contribution in [0.2, 0.25) is 5.02 Å². The van der Waals surface area contributed by atoms with Gasteiger partial charge in [0.1, 0.15) is 5.82 Å². The first-order chi connectivity index (χ1) is 19.2. The Bertz CT molecular complexity index is 1770. The SMILES string of the molecule is COc1cccc(CNc2ccc(S(=O)(=O)Nc3nc(-c4ccc(F)c(Cl)c4)c(-c4ccncc4)s3)nc2)c1O. The van der Waals surface area contributed by atoms with Crippen molar-refractivity contribution < 1.29 is 22.7 Å². The number of thiazole rings is 1. The predicted octanol–water partition coefficient (Wildman–Crippen LogP) is 6.19. The van der Waals surface area contributed by atoms with Crippen LogP contribution in [0.25, 0.3) is 21.7 Å². The van der Waals surface area contributed by atoms with Gasteiger partial charge in [-0.2, -0.15) is 8.42 Å². The van der Waals surface area contributed by atoms with Gasteiger partial charge in [0, 0.05) is 30.1 Å². The smallest absolute Gasteiger partial charge is 0.281 e. The molecule has 0 unspecified atom stereocenters. The number of halogens is 2. The Balaban J connectivity index is 1.37. The quantitative estimate of drug-likeness (QED) is 0.184. The highest BCUT2D eigenvalue weighted by molar-refractivity contribution is 7.92. The summed E-state index contributed by atoms with van der Waals surface area (Å²) in [7, 11) is -2.62. The molecular formula is C27H21ClFN5O4S2. The van der Waals surface area contributed by atoms with Gasteiger partial charge in [0.25, 0.3) is 10.0 Å². The third kappa shape index (κ3) is 5.83. The molecule has 3 aromatic heterocycles. The van der Waals surface area contributed by atoms with Crippen LogP contribution in [0, 0.1) is 5.82 Å². The number of nitrogens with zero attached hydrogens (tertiary/aromatic N) is 3. The van der Waals surface area contributed by atoms with E-state index in [2.05, 4.69) is 25.0 Å². The normalized spacial score (nSPS) is 11.3. The molecule has 9 nitrogen and oxygen atoms in total. The van der Waals surface area contributed by atoms with Crippen LogP contribution in [0.4, 0.5) is 15.2 Å². The number of benzene rings is 2. The van der Waals surface area contributed by atoms with Crippen LogP contribution in [0.5, 0.6) is 11.5 Å². The van der Waals surface area contributed by atoms with Crippen LogP contribution in [0.15, 0.2) is 84.3 Å². The summed E-state index contributed by atoms with van der Waals surface area (Å²) in [6.07, 6.45) is 4.59. The fraction of sp³-hybridized carbons (Fsp3) is 0.0741. The minimum Gasteiger partial charge on any atom is -0.504 e. The van der Waals surface area contributed by atoms with Crippen molar-refractivity contribution in [2.45, 2.75) is 11.6 Å². The number of phenolic OH excluding ortho intramolecular Hbond substituents is 1. The first-order valence-electron chi connectivity index (χ1n) is 11.7. The van der Waals surface area contributed by atoms with Gasteiger partial charge in [0.05, 0.1) is 34.6 Å². The predicted molar refractivity (Wildman–Crippen MR) is 153 cm³/mol. The van der Waals surface area contributed by atoms with Crippen LogP contribution in [0.3, 0.4) is 0 Å². The number of methoxy groups -OCH3 is 1. The highest BCUT2D eigenvalue weighted by Gasteiger charge is 2.22. The number of sulfonamides is 1. The molecule has 0 bridgehead atoms. The number of phenols is 1. The standard InChI is InChI=1S/C27H21ClFN5O4S2/c1-38-22-4-2-3-18(25(22)35)14-31-19-6-8-23(32-15-19)40(36,37)34-27-33-24(17-5-7-21(29)20(28)13-17)26(39-27)16-9-11-30-12-10-16/h2-13,15,31,35H,14H2,1H3,(H,33,34). The van der Waals surface area contributed by atoms with E-state index in [1.54, 1.807) is 48.8 Å². The first-order valence-corrected chi connectivity index (χ1v) is 14.4. The number of ether oxygens (including phenoxy) is 1. The van der Waals surface area contributed by atoms with Crippen molar-refractivity contribution >= 4 is 43.8 Å². The summed E-state index contributed by atoms with van der Waals surface area (Å²) < 4.78 is 47.7. The van der Waals surface area contributed by atoms with Gasteiger partial charge in [-0.1, -0.05) is 35.1 Å². The summed E-state index contributed by atoms with van der Waals surface area (Å²) >= 11 is 7.11. The average molecular weight is 598 g/mol. The van der Waals surface area contributed by atoms with Crippen molar-refractivity contribution in [1.82, 2.24) is 15.0 Å². The average Bonchev–Trinajstić information content (AvgIpc) is 3.37. The van der Waals surface area contributed by atoms with Crippen molar-refractivity contribution in [3.05, 3.63) is 95.7 Å². The highest BCUT2D eigenvalue weighted by Crippen LogP contribution is 2.40. The fourth-order valence-electron chi connectivity index (χ4n) is 3.79. The molecule has 3 heterocycles. The highest BCUT2D eigenvalue weighted by atomic mass is 35.5. The molecule has 204 valence electrons. The summed E-state index contributed by atoms with van der Waals surface area (Å²) in [6.45, 7) is 0.266.